The predicted octanol–water partition coefficient (Wildman–Crippen LogP) is 2.37. The Labute approximate surface area is 132 Å². The summed E-state index contributed by atoms with van der Waals surface area (Å²) in [6, 6.07) is 7.51. The molecule has 5 heteroatoms. The number of hydrogen-bond donors (Lipinski definition) is 2. The molecule has 2 amide bonds. The van der Waals surface area contributed by atoms with Gasteiger partial charge in [0.25, 0.3) is 0 Å². The van der Waals surface area contributed by atoms with Crippen LogP contribution in [-0.4, -0.2) is 28.8 Å². The van der Waals surface area contributed by atoms with E-state index < -0.39 is 0 Å². The standard InChI is InChI=1S/C17H27N3O2/c1-11(2)20(14(5)21)10-15-6-8-16(9-7-15)19-17(22)12(3)13(4)18/h6-9,11-13H,10,18H2,1-5H3,(H,19,22). The molecule has 3 N–H and O–H groups in total. The van der Waals surface area contributed by atoms with E-state index in [0.717, 1.165) is 11.3 Å². The Hall–Kier alpha value is -1.88. The van der Waals surface area contributed by atoms with Gasteiger partial charge in [0.05, 0.1) is 5.92 Å². The van der Waals surface area contributed by atoms with Crippen molar-refractivity contribution in [3.63, 3.8) is 0 Å². The third-order valence-corrected chi connectivity index (χ3v) is 3.80. The molecule has 0 fully saturated rings. The Balaban J connectivity index is 2.71. The van der Waals surface area contributed by atoms with Gasteiger partial charge in [-0.15, -0.1) is 0 Å². The van der Waals surface area contributed by atoms with Gasteiger partial charge in [-0.3, -0.25) is 9.59 Å². The quantitative estimate of drug-likeness (QED) is 0.847. The number of rotatable bonds is 6. The van der Waals surface area contributed by atoms with Crippen LogP contribution < -0.4 is 11.1 Å². The van der Waals surface area contributed by atoms with Crippen LogP contribution in [0, 0.1) is 5.92 Å². The molecule has 122 valence electrons. The minimum atomic E-state index is -0.242. The topological polar surface area (TPSA) is 75.4 Å². The monoisotopic (exact) mass is 305 g/mol. The van der Waals surface area contributed by atoms with Crippen molar-refractivity contribution in [3.05, 3.63) is 29.8 Å². The van der Waals surface area contributed by atoms with Crippen molar-refractivity contribution in [2.24, 2.45) is 11.7 Å². The largest absolute Gasteiger partial charge is 0.336 e. The molecule has 0 aliphatic carbocycles. The molecule has 0 spiro atoms. The number of anilines is 1. The molecule has 0 bridgehead atoms. The first kappa shape index (κ1) is 18.2. The van der Waals surface area contributed by atoms with Gasteiger partial charge in [-0.05, 0) is 38.5 Å². The summed E-state index contributed by atoms with van der Waals surface area (Å²) in [5, 5.41) is 2.85. The molecule has 2 unspecified atom stereocenters. The second-order valence-corrected chi connectivity index (χ2v) is 6.07. The minimum absolute atomic E-state index is 0.0538. The Morgan fingerprint density at radius 3 is 2.09 bits per heavy atom. The van der Waals surface area contributed by atoms with Crippen LogP contribution in [0.15, 0.2) is 24.3 Å². The molecule has 1 aromatic carbocycles. The molecule has 0 radical (unpaired) electrons. The van der Waals surface area contributed by atoms with E-state index in [0.29, 0.717) is 6.54 Å². The zero-order chi connectivity index (χ0) is 16.9. The number of nitrogens with zero attached hydrogens (tertiary/aromatic N) is 1. The van der Waals surface area contributed by atoms with Gasteiger partial charge < -0.3 is 16.0 Å². The van der Waals surface area contributed by atoms with E-state index in [1.165, 1.54) is 0 Å². The maximum Gasteiger partial charge on any atom is 0.228 e. The number of hydrogen-bond acceptors (Lipinski definition) is 3. The van der Waals surface area contributed by atoms with Crippen LogP contribution in [0.3, 0.4) is 0 Å². The fourth-order valence-corrected chi connectivity index (χ4v) is 2.04. The molecule has 22 heavy (non-hydrogen) atoms. The number of nitrogens with one attached hydrogen (secondary N) is 1. The van der Waals surface area contributed by atoms with Crippen molar-refractivity contribution in [3.8, 4) is 0 Å². The lowest BCUT2D eigenvalue weighted by Crippen LogP contribution is -2.34. The van der Waals surface area contributed by atoms with Crippen molar-refractivity contribution in [1.29, 1.82) is 0 Å². The van der Waals surface area contributed by atoms with Crippen molar-refractivity contribution >= 4 is 17.5 Å². The average Bonchev–Trinajstić information content (AvgIpc) is 2.44. The van der Waals surface area contributed by atoms with E-state index in [9.17, 15) is 9.59 Å². The third kappa shape index (κ3) is 5.15. The highest BCUT2D eigenvalue weighted by Crippen LogP contribution is 2.14. The normalized spacial score (nSPS) is 13.6. The van der Waals surface area contributed by atoms with Crippen LogP contribution in [0.1, 0.15) is 40.2 Å². The van der Waals surface area contributed by atoms with Gasteiger partial charge in [-0.1, -0.05) is 19.1 Å². The fourth-order valence-electron chi connectivity index (χ4n) is 2.04. The molecule has 0 heterocycles. The van der Waals surface area contributed by atoms with E-state index >= 15 is 0 Å². The number of nitrogens with two attached hydrogens (primary N) is 1. The molecular weight excluding hydrogens is 278 g/mol. The molecule has 0 aromatic heterocycles. The van der Waals surface area contributed by atoms with Gasteiger partial charge in [-0.25, -0.2) is 0 Å². The molecule has 0 saturated heterocycles. The molecule has 1 aromatic rings. The van der Waals surface area contributed by atoms with Crippen LogP contribution in [0.5, 0.6) is 0 Å². The molecule has 0 aliphatic rings. The summed E-state index contributed by atoms with van der Waals surface area (Å²) in [6.45, 7) is 9.75. The van der Waals surface area contributed by atoms with Crippen LogP contribution in [0.2, 0.25) is 0 Å². The SMILES string of the molecule is CC(=O)N(Cc1ccc(NC(=O)C(C)C(C)N)cc1)C(C)C. The summed E-state index contributed by atoms with van der Waals surface area (Å²) in [6.07, 6.45) is 0. The fraction of sp³-hybridized carbons (Fsp3) is 0.529. The highest BCUT2D eigenvalue weighted by molar-refractivity contribution is 5.92. The van der Waals surface area contributed by atoms with Crippen LogP contribution >= 0.6 is 0 Å². The number of benzene rings is 1. The van der Waals surface area contributed by atoms with Crippen LogP contribution in [0.4, 0.5) is 5.69 Å². The number of carbonyl (C=O) groups is 2. The van der Waals surface area contributed by atoms with E-state index in [1.54, 1.807) is 11.8 Å². The molecule has 0 aliphatic heterocycles. The summed E-state index contributed by atoms with van der Waals surface area (Å²) >= 11 is 0. The van der Waals surface area contributed by atoms with Gasteiger partial charge >= 0.3 is 0 Å². The first-order valence-electron chi connectivity index (χ1n) is 7.65. The molecule has 5 nitrogen and oxygen atoms in total. The van der Waals surface area contributed by atoms with Gasteiger partial charge in [0.1, 0.15) is 0 Å². The zero-order valence-electron chi connectivity index (χ0n) is 14.1. The highest BCUT2D eigenvalue weighted by Gasteiger charge is 2.17. The minimum Gasteiger partial charge on any atom is -0.336 e. The van der Waals surface area contributed by atoms with Gasteiger partial charge in [0.15, 0.2) is 0 Å². The Morgan fingerprint density at radius 1 is 1.14 bits per heavy atom. The van der Waals surface area contributed by atoms with Crippen molar-refractivity contribution in [1.82, 2.24) is 4.90 Å². The second kappa shape index (κ2) is 7.94. The maximum atomic E-state index is 12.0. The summed E-state index contributed by atoms with van der Waals surface area (Å²) < 4.78 is 0. The van der Waals surface area contributed by atoms with Crippen molar-refractivity contribution < 1.29 is 9.59 Å². The van der Waals surface area contributed by atoms with Gasteiger partial charge in [-0.2, -0.15) is 0 Å². The molecule has 1 rings (SSSR count). The third-order valence-electron chi connectivity index (χ3n) is 3.80. The molecule has 0 saturated carbocycles. The maximum absolute atomic E-state index is 12.0. The lowest BCUT2D eigenvalue weighted by atomic mass is 10.0. The van der Waals surface area contributed by atoms with Crippen LogP contribution in [0.25, 0.3) is 0 Å². The van der Waals surface area contributed by atoms with Gasteiger partial charge in [0.2, 0.25) is 11.8 Å². The Kier molecular flexibility index (Phi) is 6.56. The second-order valence-electron chi connectivity index (χ2n) is 6.07. The summed E-state index contributed by atoms with van der Waals surface area (Å²) in [5.41, 5.74) is 7.49. The van der Waals surface area contributed by atoms with E-state index in [2.05, 4.69) is 5.32 Å². The van der Waals surface area contributed by atoms with E-state index in [1.807, 2.05) is 52.0 Å². The number of carbonyl (C=O) groups excluding carboxylic acids is 2. The lowest BCUT2D eigenvalue weighted by Gasteiger charge is -2.25. The predicted molar refractivity (Wildman–Crippen MR) is 89.2 cm³/mol. The smallest absolute Gasteiger partial charge is 0.228 e. The average molecular weight is 305 g/mol. The molecule has 2 atom stereocenters. The number of amides is 2. The lowest BCUT2D eigenvalue weighted by molar-refractivity contribution is -0.131. The summed E-state index contributed by atoms with van der Waals surface area (Å²) in [5.74, 6) is -0.276. The Morgan fingerprint density at radius 2 is 1.68 bits per heavy atom. The summed E-state index contributed by atoms with van der Waals surface area (Å²) in [4.78, 5) is 25.3. The first-order chi connectivity index (χ1) is 10.2. The van der Waals surface area contributed by atoms with E-state index in [4.69, 9.17) is 5.73 Å². The zero-order valence-corrected chi connectivity index (χ0v) is 14.1. The van der Waals surface area contributed by atoms with Gasteiger partial charge in [0, 0.05) is 31.2 Å². The first-order valence-corrected chi connectivity index (χ1v) is 7.65. The molecular formula is C17H27N3O2. The highest BCUT2D eigenvalue weighted by atomic mass is 16.2. The van der Waals surface area contributed by atoms with Crippen LogP contribution in [-0.2, 0) is 16.1 Å². The Bertz CT molecular complexity index is 509. The van der Waals surface area contributed by atoms with Crippen molar-refractivity contribution in [2.45, 2.75) is 53.2 Å². The van der Waals surface area contributed by atoms with E-state index in [-0.39, 0.29) is 29.8 Å². The summed E-state index contributed by atoms with van der Waals surface area (Å²) in [7, 11) is 0. The van der Waals surface area contributed by atoms with Crippen molar-refractivity contribution in [2.75, 3.05) is 5.32 Å².